The lowest BCUT2D eigenvalue weighted by molar-refractivity contribution is 0.888. The Morgan fingerprint density at radius 3 is 1.71 bits per heavy atom. The standard InChI is InChI=1S/C25H30NPS/c1-17-6-10-21(11-7-17)23-14-15-24(22-12-8-18(2)9-13-22)25(19(23)3)26(16-27)20(4)28-5/h6-15,20H,16,27H2,1-5H3. The number of thioether (sulfide) groups is 1. The molecular formula is C25H30NPS. The Balaban J connectivity index is 2.23. The molecule has 0 aliphatic rings. The van der Waals surface area contributed by atoms with Crippen molar-refractivity contribution in [2.24, 2.45) is 0 Å². The van der Waals surface area contributed by atoms with E-state index in [-0.39, 0.29) is 0 Å². The molecule has 0 amide bonds. The number of aryl methyl sites for hydroxylation is 2. The van der Waals surface area contributed by atoms with E-state index in [9.17, 15) is 0 Å². The van der Waals surface area contributed by atoms with Crippen LogP contribution in [0, 0.1) is 20.8 Å². The number of anilines is 1. The van der Waals surface area contributed by atoms with Crippen LogP contribution < -0.4 is 4.90 Å². The second kappa shape index (κ2) is 9.16. The monoisotopic (exact) mass is 407 g/mol. The van der Waals surface area contributed by atoms with Crippen LogP contribution in [0.4, 0.5) is 5.69 Å². The predicted molar refractivity (Wildman–Crippen MR) is 132 cm³/mol. The summed E-state index contributed by atoms with van der Waals surface area (Å²) in [6, 6.07) is 22.3. The van der Waals surface area contributed by atoms with E-state index < -0.39 is 0 Å². The molecule has 0 aliphatic heterocycles. The first-order valence-corrected chi connectivity index (χ1v) is 11.8. The Kier molecular flexibility index (Phi) is 6.86. The molecule has 0 radical (unpaired) electrons. The van der Waals surface area contributed by atoms with E-state index >= 15 is 0 Å². The van der Waals surface area contributed by atoms with Crippen molar-refractivity contribution in [1.82, 2.24) is 0 Å². The SMILES string of the molecule is CSC(C)N(CP)c1c(-c2ccc(C)cc2)ccc(-c2ccc(C)cc2)c1C. The zero-order valence-electron chi connectivity index (χ0n) is 17.5. The van der Waals surface area contributed by atoms with Gasteiger partial charge in [0.1, 0.15) is 0 Å². The minimum Gasteiger partial charge on any atom is -0.356 e. The molecule has 2 atom stereocenters. The second-order valence-corrected chi connectivity index (χ2v) is 8.87. The van der Waals surface area contributed by atoms with Gasteiger partial charge in [0.05, 0.1) is 5.37 Å². The topological polar surface area (TPSA) is 3.24 Å². The van der Waals surface area contributed by atoms with E-state index in [0.29, 0.717) is 5.37 Å². The molecule has 0 spiro atoms. The number of hydrogen-bond acceptors (Lipinski definition) is 2. The van der Waals surface area contributed by atoms with Crippen LogP contribution in [0.2, 0.25) is 0 Å². The highest BCUT2D eigenvalue weighted by atomic mass is 32.2. The fourth-order valence-corrected chi connectivity index (χ4v) is 4.73. The molecule has 0 fully saturated rings. The van der Waals surface area contributed by atoms with Crippen LogP contribution in [0.3, 0.4) is 0 Å². The van der Waals surface area contributed by atoms with Crippen LogP contribution in [0.5, 0.6) is 0 Å². The van der Waals surface area contributed by atoms with Gasteiger partial charge in [0.2, 0.25) is 0 Å². The molecule has 3 aromatic rings. The smallest absolute Gasteiger partial charge is 0.0723 e. The van der Waals surface area contributed by atoms with Gasteiger partial charge in [0.15, 0.2) is 0 Å². The Hall–Kier alpha value is -1.76. The summed E-state index contributed by atoms with van der Waals surface area (Å²) >= 11 is 1.88. The van der Waals surface area contributed by atoms with Crippen LogP contribution in [-0.2, 0) is 0 Å². The molecular weight excluding hydrogens is 377 g/mol. The van der Waals surface area contributed by atoms with Gasteiger partial charge in [0.25, 0.3) is 0 Å². The lowest BCUT2D eigenvalue weighted by atomic mass is 9.92. The van der Waals surface area contributed by atoms with Crippen molar-refractivity contribution in [3.05, 3.63) is 77.4 Å². The van der Waals surface area contributed by atoms with E-state index in [2.05, 4.69) is 109 Å². The summed E-state index contributed by atoms with van der Waals surface area (Å²) in [7, 11) is 2.92. The van der Waals surface area contributed by atoms with Crippen molar-refractivity contribution >= 4 is 26.7 Å². The summed E-state index contributed by atoms with van der Waals surface area (Å²) in [6.45, 7) is 8.83. The normalized spacial score (nSPS) is 12.1. The maximum Gasteiger partial charge on any atom is 0.0723 e. The summed E-state index contributed by atoms with van der Waals surface area (Å²) in [6.07, 6.45) is 3.09. The van der Waals surface area contributed by atoms with Crippen molar-refractivity contribution in [3.63, 3.8) is 0 Å². The van der Waals surface area contributed by atoms with Gasteiger partial charge in [-0.3, -0.25) is 0 Å². The van der Waals surface area contributed by atoms with Gasteiger partial charge in [-0.25, -0.2) is 0 Å². The summed E-state index contributed by atoms with van der Waals surface area (Å²) < 4.78 is 0. The van der Waals surface area contributed by atoms with Gasteiger partial charge in [-0.1, -0.05) is 71.8 Å². The highest BCUT2D eigenvalue weighted by molar-refractivity contribution is 7.99. The lowest BCUT2D eigenvalue weighted by Gasteiger charge is -2.33. The molecule has 0 heterocycles. The summed E-state index contributed by atoms with van der Waals surface area (Å²) in [5.41, 5.74) is 10.4. The summed E-state index contributed by atoms with van der Waals surface area (Å²) in [5, 5.41) is 0.397. The number of nitrogens with zero attached hydrogens (tertiary/aromatic N) is 1. The molecule has 28 heavy (non-hydrogen) atoms. The van der Waals surface area contributed by atoms with Crippen LogP contribution in [-0.4, -0.2) is 17.9 Å². The third-order valence-electron chi connectivity index (χ3n) is 5.42. The van der Waals surface area contributed by atoms with E-state index in [1.54, 1.807) is 0 Å². The predicted octanol–water partition coefficient (Wildman–Crippen LogP) is 7.29. The van der Waals surface area contributed by atoms with Gasteiger partial charge < -0.3 is 4.90 Å². The quantitative estimate of drug-likeness (QED) is 0.312. The van der Waals surface area contributed by atoms with Crippen molar-refractivity contribution in [3.8, 4) is 22.3 Å². The highest BCUT2D eigenvalue weighted by Gasteiger charge is 2.21. The minimum absolute atomic E-state index is 0.397. The van der Waals surface area contributed by atoms with Gasteiger partial charge in [0, 0.05) is 17.5 Å². The molecule has 0 aromatic heterocycles. The van der Waals surface area contributed by atoms with E-state index in [1.165, 1.54) is 44.6 Å². The van der Waals surface area contributed by atoms with E-state index in [1.807, 2.05) is 11.8 Å². The average Bonchev–Trinajstić information content (AvgIpc) is 2.71. The molecule has 3 heteroatoms. The zero-order valence-corrected chi connectivity index (χ0v) is 19.5. The molecule has 0 aliphatic carbocycles. The Labute approximate surface area is 176 Å². The van der Waals surface area contributed by atoms with E-state index in [0.717, 1.165) is 6.29 Å². The molecule has 0 saturated heterocycles. The van der Waals surface area contributed by atoms with Gasteiger partial charge in [-0.05, 0) is 56.2 Å². The Bertz CT molecular complexity index is 932. The third kappa shape index (κ3) is 4.29. The minimum atomic E-state index is 0.397. The highest BCUT2D eigenvalue weighted by Crippen LogP contribution is 2.41. The first-order valence-electron chi connectivity index (χ1n) is 9.73. The molecule has 146 valence electrons. The lowest BCUT2D eigenvalue weighted by Crippen LogP contribution is -2.30. The Morgan fingerprint density at radius 2 is 1.25 bits per heavy atom. The summed E-state index contributed by atoms with van der Waals surface area (Å²) in [5.74, 6) is 0. The van der Waals surface area contributed by atoms with Crippen molar-refractivity contribution in [2.75, 3.05) is 17.4 Å². The first-order chi connectivity index (χ1) is 13.5. The molecule has 0 N–H and O–H groups in total. The second-order valence-electron chi connectivity index (χ2n) is 7.35. The van der Waals surface area contributed by atoms with E-state index in [4.69, 9.17) is 0 Å². The largest absolute Gasteiger partial charge is 0.356 e. The summed E-state index contributed by atoms with van der Waals surface area (Å²) in [4.78, 5) is 2.50. The van der Waals surface area contributed by atoms with Gasteiger partial charge >= 0.3 is 0 Å². The Morgan fingerprint density at radius 1 is 0.786 bits per heavy atom. The molecule has 2 unspecified atom stereocenters. The van der Waals surface area contributed by atoms with Gasteiger partial charge in [-0.2, -0.15) is 0 Å². The van der Waals surface area contributed by atoms with Crippen LogP contribution in [0.25, 0.3) is 22.3 Å². The first kappa shape index (κ1) is 21.0. The molecule has 0 saturated carbocycles. The van der Waals surface area contributed by atoms with Crippen LogP contribution >= 0.6 is 21.0 Å². The van der Waals surface area contributed by atoms with Crippen molar-refractivity contribution in [2.45, 2.75) is 33.1 Å². The zero-order chi connectivity index (χ0) is 20.3. The fourth-order valence-electron chi connectivity index (χ4n) is 3.63. The van der Waals surface area contributed by atoms with Gasteiger partial charge in [-0.15, -0.1) is 21.0 Å². The molecule has 0 bridgehead atoms. The molecule has 3 aromatic carbocycles. The number of benzene rings is 3. The number of rotatable bonds is 6. The van der Waals surface area contributed by atoms with Crippen molar-refractivity contribution in [1.29, 1.82) is 0 Å². The molecule has 1 nitrogen and oxygen atoms in total. The maximum atomic E-state index is 2.92. The van der Waals surface area contributed by atoms with Crippen LogP contribution in [0.15, 0.2) is 60.7 Å². The third-order valence-corrected chi connectivity index (χ3v) is 6.75. The maximum absolute atomic E-state index is 2.92. The fraction of sp³-hybridized carbons (Fsp3) is 0.280. The van der Waals surface area contributed by atoms with Crippen LogP contribution in [0.1, 0.15) is 23.6 Å². The average molecular weight is 408 g/mol. The van der Waals surface area contributed by atoms with Crippen molar-refractivity contribution < 1.29 is 0 Å². The number of hydrogen-bond donors (Lipinski definition) is 0. The molecule has 3 rings (SSSR count).